The Labute approximate surface area is 214 Å². The van der Waals surface area contributed by atoms with Crippen LogP contribution in [0, 0.1) is 50.2 Å². The maximum atomic E-state index is 13.4. The van der Waals surface area contributed by atoms with Crippen molar-refractivity contribution in [1.29, 1.82) is 0 Å². The third-order valence-corrected chi connectivity index (χ3v) is 13.9. The molecule has 0 spiro atoms. The van der Waals surface area contributed by atoms with Gasteiger partial charge in [0.15, 0.2) is 0 Å². The summed E-state index contributed by atoms with van der Waals surface area (Å²) in [5.41, 5.74) is 2.59. The topological polar surface area (TPSA) is 26.3 Å². The third-order valence-electron chi connectivity index (χ3n) is 13.1. The largest absolute Gasteiger partial charge is 0.469 e. The van der Waals surface area contributed by atoms with Gasteiger partial charge in [-0.2, -0.15) is 0 Å². The van der Waals surface area contributed by atoms with Crippen LogP contribution in [0.2, 0.25) is 0 Å². The molecule has 192 valence electrons. The molecule has 0 heterocycles. The highest BCUT2D eigenvalue weighted by Gasteiger charge is 2.69. The molecule has 4 saturated carbocycles. The Morgan fingerprint density at radius 2 is 1.59 bits per heavy atom. The lowest BCUT2D eigenvalue weighted by molar-refractivity contribution is -0.188. The molecule has 0 saturated heterocycles. The van der Waals surface area contributed by atoms with Crippen molar-refractivity contribution in [2.75, 3.05) is 7.11 Å². The van der Waals surface area contributed by atoms with Crippen LogP contribution < -0.4 is 0 Å². The number of carbonyl (C=O) groups excluding carboxylic acids is 1. The number of halogens is 1. The second kappa shape index (κ2) is 7.52. The van der Waals surface area contributed by atoms with Gasteiger partial charge in [-0.3, -0.25) is 4.79 Å². The number of esters is 1. The first-order valence-corrected chi connectivity index (χ1v) is 14.5. The molecular weight excluding hydrogens is 440 g/mol. The number of allylic oxidation sites excluding steroid dienone is 2. The van der Waals surface area contributed by atoms with Gasteiger partial charge in [-0.15, -0.1) is 11.6 Å². The predicted octanol–water partition coefficient (Wildman–Crippen LogP) is 8.57. The van der Waals surface area contributed by atoms with E-state index in [-0.39, 0.29) is 33.0 Å². The van der Waals surface area contributed by atoms with Crippen LogP contribution in [-0.2, 0) is 9.53 Å². The van der Waals surface area contributed by atoms with Crippen molar-refractivity contribution in [3.63, 3.8) is 0 Å². The van der Waals surface area contributed by atoms with Crippen LogP contribution in [0.15, 0.2) is 11.6 Å². The summed E-state index contributed by atoms with van der Waals surface area (Å²) in [6.07, 6.45) is 14.2. The molecule has 2 unspecified atom stereocenters. The predicted molar refractivity (Wildman–Crippen MR) is 141 cm³/mol. The summed E-state index contributed by atoms with van der Waals surface area (Å²) in [6, 6.07) is 0. The molecule has 3 heteroatoms. The van der Waals surface area contributed by atoms with Crippen LogP contribution >= 0.6 is 11.6 Å². The normalized spacial score (nSPS) is 51.1. The summed E-state index contributed by atoms with van der Waals surface area (Å²) in [6.45, 7) is 17.6. The van der Waals surface area contributed by atoms with Crippen LogP contribution in [0.5, 0.6) is 0 Å². The first kappa shape index (κ1) is 25.2. The van der Waals surface area contributed by atoms with Gasteiger partial charge in [-0.05, 0) is 109 Å². The molecular formula is C31H49ClO2. The molecule has 0 aromatic rings. The second-order valence-electron chi connectivity index (χ2n) is 15.2. The van der Waals surface area contributed by atoms with Crippen LogP contribution in [0.25, 0.3) is 0 Å². The minimum atomic E-state index is -0.307. The molecule has 0 amide bonds. The van der Waals surface area contributed by atoms with Crippen molar-refractivity contribution >= 4 is 17.6 Å². The molecule has 0 radical (unpaired) electrons. The Morgan fingerprint density at radius 3 is 2.26 bits per heavy atom. The summed E-state index contributed by atoms with van der Waals surface area (Å²) < 4.78 is 5.50. The zero-order valence-corrected chi connectivity index (χ0v) is 23.9. The van der Waals surface area contributed by atoms with Gasteiger partial charge in [-0.1, -0.05) is 60.1 Å². The summed E-state index contributed by atoms with van der Waals surface area (Å²) in [5.74, 6) is 1.78. The molecule has 0 aromatic carbocycles. The first-order valence-electron chi connectivity index (χ1n) is 14.1. The van der Waals surface area contributed by atoms with Gasteiger partial charge < -0.3 is 4.74 Å². The number of hydrogen-bond donors (Lipinski definition) is 0. The summed E-state index contributed by atoms with van der Waals surface area (Å²) in [5, 5.41) is 0.292. The lowest BCUT2D eigenvalue weighted by Crippen LogP contribution is -2.64. The van der Waals surface area contributed by atoms with E-state index in [2.05, 4.69) is 54.5 Å². The Bertz CT molecular complexity index is 903. The van der Waals surface area contributed by atoms with E-state index in [1.165, 1.54) is 25.7 Å². The Balaban J connectivity index is 1.60. The maximum absolute atomic E-state index is 13.4. The molecule has 5 aliphatic carbocycles. The fourth-order valence-electron chi connectivity index (χ4n) is 10.8. The van der Waals surface area contributed by atoms with Crippen molar-refractivity contribution in [2.24, 2.45) is 50.2 Å². The molecule has 0 aromatic heterocycles. The number of fused-ring (bicyclic) bond motifs is 7. The monoisotopic (exact) mass is 488 g/mol. The van der Waals surface area contributed by atoms with Gasteiger partial charge in [0.05, 0.1) is 12.5 Å². The molecule has 5 rings (SSSR count). The van der Waals surface area contributed by atoms with E-state index in [1.807, 2.05) is 0 Å². The minimum absolute atomic E-state index is 0.0566. The van der Waals surface area contributed by atoms with Gasteiger partial charge in [0.1, 0.15) is 0 Å². The second-order valence-corrected chi connectivity index (χ2v) is 15.7. The van der Waals surface area contributed by atoms with Crippen LogP contribution in [0.3, 0.4) is 0 Å². The summed E-state index contributed by atoms with van der Waals surface area (Å²) >= 11 is 6.94. The van der Waals surface area contributed by atoms with Crippen molar-refractivity contribution in [2.45, 2.75) is 118 Å². The lowest BCUT2D eigenvalue weighted by atomic mass is 9.33. The van der Waals surface area contributed by atoms with Gasteiger partial charge in [0, 0.05) is 5.38 Å². The van der Waals surface area contributed by atoms with E-state index in [0.29, 0.717) is 28.5 Å². The number of carbonyl (C=O) groups is 1. The van der Waals surface area contributed by atoms with Crippen molar-refractivity contribution < 1.29 is 9.53 Å². The number of hydrogen-bond acceptors (Lipinski definition) is 2. The number of rotatable bonds is 1. The van der Waals surface area contributed by atoms with Crippen LogP contribution in [0.4, 0.5) is 0 Å². The van der Waals surface area contributed by atoms with Gasteiger partial charge in [0.25, 0.3) is 0 Å². The van der Waals surface area contributed by atoms with Crippen LogP contribution in [-0.4, -0.2) is 18.5 Å². The van der Waals surface area contributed by atoms with Crippen molar-refractivity contribution in [3.8, 4) is 0 Å². The molecule has 4 fully saturated rings. The van der Waals surface area contributed by atoms with E-state index in [4.69, 9.17) is 16.3 Å². The smallest absolute Gasteiger partial charge is 0.312 e. The highest BCUT2D eigenvalue weighted by atomic mass is 35.5. The Morgan fingerprint density at radius 1 is 0.912 bits per heavy atom. The van der Waals surface area contributed by atoms with E-state index in [1.54, 1.807) is 12.7 Å². The number of alkyl halides is 1. The highest BCUT2D eigenvalue weighted by Crippen LogP contribution is 2.76. The zero-order valence-electron chi connectivity index (χ0n) is 23.2. The minimum Gasteiger partial charge on any atom is -0.469 e. The molecule has 5 aliphatic rings. The summed E-state index contributed by atoms with van der Waals surface area (Å²) in [7, 11) is 1.60. The first-order chi connectivity index (χ1) is 15.7. The number of methoxy groups -OCH3 is 1. The molecule has 8 atom stereocenters. The van der Waals surface area contributed by atoms with Crippen LogP contribution in [0.1, 0.15) is 113 Å². The van der Waals surface area contributed by atoms with E-state index >= 15 is 0 Å². The highest BCUT2D eigenvalue weighted by molar-refractivity contribution is 6.21. The SMILES string of the molecule is COC(=O)C12CCC(C)(C)CC1C1=CC[C@@H]3[C@@]4(C)CC[C@@H](Cl)C(C)(C)[C@@H]4CC[C@@]3(C)[C@]1(C)CC2. The lowest BCUT2D eigenvalue weighted by Gasteiger charge is -2.71. The van der Waals surface area contributed by atoms with E-state index in [0.717, 1.165) is 38.5 Å². The molecule has 2 nitrogen and oxygen atoms in total. The quantitative estimate of drug-likeness (QED) is 0.210. The fourth-order valence-corrected chi connectivity index (χ4v) is 11.0. The fraction of sp³-hybridized carbons (Fsp3) is 0.903. The molecule has 0 bridgehead atoms. The molecule has 0 N–H and O–H groups in total. The zero-order chi connectivity index (χ0) is 24.9. The third kappa shape index (κ3) is 3.02. The summed E-state index contributed by atoms with van der Waals surface area (Å²) in [4.78, 5) is 13.4. The van der Waals surface area contributed by atoms with Gasteiger partial charge in [0.2, 0.25) is 0 Å². The Kier molecular flexibility index (Phi) is 5.56. The molecule has 34 heavy (non-hydrogen) atoms. The average Bonchev–Trinajstić information content (AvgIpc) is 2.76. The van der Waals surface area contributed by atoms with E-state index in [9.17, 15) is 4.79 Å². The maximum Gasteiger partial charge on any atom is 0.312 e. The number of ether oxygens (including phenoxy) is 1. The van der Waals surface area contributed by atoms with Gasteiger partial charge >= 0.3 is 5.97 Å². The van der Waals surface area contributed by atoms with Crippen molar-refractivity contribution in [1.82, 2.24) is 0 Å². The van der Waals surface area contributed by atoms with Crippen molar-refractivity contribution in [3.05, 3.63) is 11.6 Å². The average molecular weight is 489 g/mol. The van der Waals surface area contributed by atoms with E-state index < -0.39 is 0 Å². The Hall–Kier alpha value is -0.500. The standard InChI is InChI=1S/C31H49ClO2/c1-26(2)15-17-31(25(33)34-8)18-16-29(6)20(21(31)19-26)9-10-23-28(5)13-12-24(32)27(3,4)22(28)11-14-30(23,29)7/h9,21-24H,10-19H2,1-8H3/t21?,22-,23+,24+,28-,29+,30+,31?/m0/s1. The molecule has 0 aliphatic heterocycles. The van der Waals surface area contributed by atoms with Gasteiger partial charge in [-0.25, -0.2) is 0 Å².